The highest BCUT2D eigenvalue weighted by atomic mass is 32.1. The number of carbonyl (C=O) groups is 1. The van der Waals surface area contributed by atoms with Crippen LogP contribution in [0, 0.1) is 25.2 Å². The van der Waals surface area contributed by atoms with Crippen molar-refractivity contribution >= 4 is 17.2 Å². The van der Waals surface area contributed by atoms with Gasteiger partial charge in [-0.05, 0) is 42.8 Å². The van der Waals surface area contributed by atoms with E-state index >= 15 is 0 Å². The lowest BCUT2D eigenvalue weighted by Gasteiger charge is -2.27. The minimum Gasteiger partial charge on any atom is -0.336 e. The number of nitriles is 1. The zero-order chi connectivity index (χ0) is 16.6. The Labute approximate surface area is 137 Å². The van der Waals surface area contributed by atoms with Gasteiger partial charge in [0.05, 0.1) is 5.69 Å². The van der Waals surface area contributed by atoms with Crippen molar-refractivity contribution in [2.45, 2.75) is 33.4 Å². The highest BCUT2D eigenvalue weighted by Gasteiger charge is 2.23. The molecule has 118 valence electrons. The normalized spacial score (nSPS) is 13.5. The van der Waals surface area contributed by atoms with Gasteiger partial charge in [0.2, 0.25) is 5.91 Å². The van der Waals surface area contributed by atoms with Gasteiger partial charge in [-0.15, -0.1) is 11.3 Å². The highest BCUT2D eigenvalue weighted by Crippen LogP contribution is 2.24. The van der Waals surface area contributed by atoms with Crippen LogP contribution in [0.1, 0.15) is 27.3 Å². The van der Waals surface area contributed by atoms with E-state index in [1.165, 1.54) is 10.4 Å². The summed E-state index contributed by atoms with van der Waals surface area (Å²) in [6.45, 7) is 4.51. The first kappa shape index (κ1) is 15.4. The van der Waals surface area contributed by atoms with Crippen LogP contribution >= 0.6 is 11.3 Å². The van der Waals surface area contributed by atoms with Crippen LogP contribution in [0.2, 0.25) is 0 Å². The summed E-state index contributed by atoms with van der Waals surface area (Å²) in [7, 11) is 0. The molecule has 0 aliphatic carbocycles. The van der Waals surface area contributed by atoms with Gasteiger partial charge in [-0.1, -0.05) is 0 Å². The largest absolute Gasteiger partial charge is 0.336 e. The first-order chi connectivity index (χ1) is 11.0. The van der Waals surface area contributed by atoms with E-state index in [4.69, 9.17) is 5.26 Å². The van der Waals surface area contributed by atoms with Crippen molar-refractivity contribution in [1.29, 1.82) is 5.26 Å². The second-order valence-electron chi connectivity index (χ2n) is 5.59. The van der Waals surface area contributed by atoms with Crippen LogP contribution in [-0.4, -0.2) is 27.1 Å². The van der Waals surface area contributed by atoms with Gasteiger partial charge in [0.15, 0.2) is 0 Å². The first-order valence-electron chi connectivity index (χ1n) is 7.32. The van der Waals surface area contributed by atoms with Crippen molar-refractivity contribution in [1.82, 2.24) is 14.7 Å². The standard InChI is InChI=1S/C16H16N4O2S/c1-10-11(2)18-20(16(22)13(10)7-17)9-15(21)19-5-3-14-12(8-19)4-6-23-14/h4,6H,3,5,8-9H2,1-2H3. The molecule has 0 spiro atoms. The summed E-state index contributed by atoms with van der Waals surface area (Å²) in [4.78, 5) is 27.8. The van der Waals surface area contributed by atoms with E-state index in [9.17, 15) is 9.59 Å². The summed E-state index contributed by atoms with van der Waals surface area (Å²) in [5.41, 5.74) is 1.89. The SMILES string of the molecule is Cc1nn(CC(=O)N2CCc3sccc3C2)c(=O)c(C#N)c1C. The molecule has 0 N–H and O–H groups in total. The molecule has 1 aliphatic rings. The highest BCUT2D eigenvalue weighted by molar-refractivity contribution is 7.10. The average molecular weight is 328 g/mol. The van der Waals surface area contributed by atoms with Crippen LogP contribution in [0.4, 0.5) is 0 Å². The van der Waals surface area contributed by atoms with Gasteiger partial charge >= 0.3 is 0 Å². The lowest BCUT2D eigenvalue weighted by molar-refractivity contribution is -0.133. The molecule has 2 aromatic heterocycles. The predicted octanol–water partition coefficient (Wildman–Crippen LogP) is 1.38. The van der Waals surface area contributed by atoms with Gasteiger partial charge < -0.3 is 4.90 Å². The number of hydrogen-bond donors (Lipinski definition) is 0. The summed E-state index contributed by atoms with van der Waals surface area (Å²) in [6.07, 6.45) is 0.845. The van der Waals surface area contributed by atoms with Crippen LogP contribution in [0.3, 0.4) is 0 Å². The topological polar surface area (TPSA) is 79.0 Å². The molecule has 0 unspecified atom stereocenters. The lowest BCUT2D eigenvalue weighted by atomic mass is 10.1. The molecule has 7 heteroatoms. The smallest absolute Gasteiger partial charge is 0.285 e. The van der Waals surface area contributed by atoms with E-state index in [1.54, 1.807) is 30.1 Å². The molecule has 2 aromatic rings. The number of carbonyl (C=O) groups excluding carboxylic acids is 1. The van der Waals surface area contributed by atoms with Crippen LogP contribution in [0.25, 0.3) is 0 Å². The first-order valence-corrected chi connectivity index (χ1v) is 8.20. The Morgan fingerprint density at radius 2 is 2.26 bits per heavy atom. The number of aryl methyl sites for hydroxylation is 1. The number of fused-ring (bicyclic) bond motifs is 1. The van der Waals surface area contributed by atoms with Gasteiger partial charge in [-0.3, -0.25) is 9.59 Å². The second kappa shape index (κ2) is 5.97. The van der Waals surface area contributed by atoms with Gasteiger partial charge in [-0.25, -0.2) is 4.68 Å². The van der Waals surface area contributed by atoms with Crippen LogP contribution in [0.15, 0.2) is 16.2 Å². The Bertz CT molecular complexity index is 875. The Morgan fingerprint density at radius 1 is 1.48 bits per heavy atom. The Hall–Kier alpha value is -2.46. The molecule has 0 fully saturated rings. The number of thiophene rings is 1. The molecule has 3 rings (SSSR count). The van der Waals surface area contributed by atoms with E-state index in [0.29, 0.717) is 24.3 Å². The van der Waals surface area contributed by atoms with Gasteiger partial charge in [-0.2, -0.15) is 10.4 Å². The quantitative estimate of drug-likeness (QED) is 0.834. The third-order valence-electron chi connectivity index (χ3n) is 4.19. The molecule has 23 heavy (non-hydrogen) atoms. The molecular weight excluding hydrogens is 312 g/mol. The maximum absolute atomic E-state index is 12.5. The van der Waals surface area contributed by atoms with Crippen molar-refractivity contribution in [2.24, 2.45) is 0 Å². The van der Waals surface area contributed by atoms with Crippen molar-refractivity contribution < 1.29 is 4.79 Å². The fraction of sp³-hybridized carbons (Fsp3) is 0.375. The molecule has 0 bridgehead atoms. The zero-order valence-electron chi connectivity index (χ0n) is 13.0. The molecule has 0 atom stereocenters. The van der Waals surface area contributed by atoms with Crippen molar-refractivity contribution in [3.05, 3.63) is 49.1 Å². The van der Waals surface area contributed by atoms with E-state index in [-0.39, 0.29) is 18.0 Å². The molecule has 0 saturated heterocycles. The molecule has 0 radical (unpaired) electrons. The summed E-state index contributed by atoms with van der Waals surface area (Å²) in [5.74, 6) is -0.149. The van der Waals surface area contributed by atoms with E-state index in [1.807, 2.05) is 17.5 Å². The number of amides is 1. The number of rotatable bonds is 2. The van der Waals surface area contributed by atoms with Crippen LogP contribution < -0.4 is 5.56 Å². The number of hydrogen-bond acceptors (Lipinski definition) is 5. The van der Waals surface area contributed by atoms with Gasteiger partial charge in [0.1, 0.15) is 18.2 Å². The summed E-state index contributed by atoms with van der Waals surface area (Å²) < 4.78 is 1.10. The molecule has 0 saturated carbocycles. The van der Waals surface area contributed by atoms with E-state index in [2.05, 4.69) is 5.10 Å². The Morgan fingerprint density at radius 3 is 3.00 bits per heavy atom. The minimum atomic E-state index is -0.503. The summed E-state index contributed by atoms with van der Waals surface area (Å²) in [6, 6.07) is 3.95. The minimum absolute atomic E-state index is 0.0593. The molecule has 3 heterocycles. The molecule has 0 aromatic carbocycles. The lowest BCUT2D eigenvalue weighted by Crippen LogP contribution is -2.40. The third-order valence-corrected chi connectivity index (χ3v) is 5.22. The zero-order valence-corrected chi connectivity index (χ0v) is 13.8. The van der Waals surface area contributed by atoms with Crippen LogP contribution in [-0.2, 0) is 24.3 Å². The fourth-order valence-corrected chi connectivity index (χ4v) is 3.59. The fourth-order valence-electron chi connectivity index (χ4n) is 2.70. The molecule has 1 aliphatic heterocycles. The van der Waals surface area contributed by atoms with Crippen molar-refractivity contribution in [2.75, 3.05) is 6.54 Å². The maximum Gasteiger partial charge on any atom is 0.285 e. The van der Waals surface area contributed by atoms with Crippen LogP contribution in [0.5, 0.6) is 0 Å². The van der Waals surface area contributed by atoms with Gasteiger partial charge in [0.25, 0.3) is 5.56 Å². The molecule has 6 nitrogen and oxygen atoms in total. The summed E-state index contributed by atoms with van der Waals surface area (Å²) >= 11 is 1.71. The van der Waals surface area contributed by atoms with Crippen molar-refractivity contribution in [3.8, 4) is 6.07 Å². The summed E-state index contributed by atoms with van der Waals surface area (Å²) in [5, 5.41) is 15.3. The molecular formula is C16H16N4O2S. The number of nitrogens with zero attached hydrogens (tertiary/aromatic N) is 4. The average Bonchev–Trinajstić information content (AvgIpc) is 3.00. The van der Waals surface area contributed by atoms with Gasteiger partial charge in [0, 0.05) is 18.0 Å². The third kappa shape index (κ3) is 2.78. The van der Waals surface area contributed by atoms with Crippen molar-refractivity contribution in [3.63, 3.8) is 0 Å². The predicted molar refractivity (Wildman–Crippen MR) is 86.1 cm³/mol. The van der Waals surface area contributed by atoms with E-state index in [0.717, 1.165) is 11.1 Å². The second-order valence-corrected chi connectivity index (χ2v) is 6.59. The molecule has 1 amide bonds. The maximum atomic E-state index is 12.5. The van der Waals surface area contributed by atoms with E-state index < -0.39 is 5.56 Å². The Kier molecular flexibility index (Phi) is 4.01. The number of aromatic nitrogens is 2. The monoisotopic (exact) mass is 328 g/mol. The Balaban J connectivity index is 1.83.